The molecule has 2 aliphatic carbocycles. The second-order valence-corrected chi connectivity index (χ2v) is 16.0. The smallest absolute Gasteiger partial charge is 0.162 e. The minimum Gasteiger partial charge on any atom is -0.307 e. The molecule has 2 aliphatic rings. The lowest BCUT2D eigenvalue weighted by Gasteiger charge is -2.23. The third-order valence-corrected chi connectivity index (χ3v) is 13.1. The Morgan fingerprint density at radius 1 is 0.456 bits per heavy atom. The molecule has 2 unspecified atom stereocenters. The molecular formula is C53H32N4. The summed E-state index contributed by atoms with van der Waals surface area (Å²) in [5.74, 6) is 2.61. The van der Waals surface area contributed by atoms with Crippen molar-refractivity contribution in [3.05, 3.63) is 181 Å². The Bertz CT molecular complexity index is 3670. The number of para-hydroxylation sites is 2. The number of hydrogen-bond acceptors (Lipinski definition) is 2. The van der Waals surface area contributed by atoms with E-state index in [9.17, 15) is 0 Å². The third kappa shape index (κ3) is 3.87. The first kappa shape index (κ1) is 30.0. The first-order valence-electron chi connectivity index (χ1n) is 20.0. The summed E-state index contributed by atoms with van der Waals surface area (Å²) < 4.78 is 5.06. The average Bonchev–Trinajstić information content (AvgIpc) is 3.79. The molecule has 4 heteroatoms. The van der Waals surface area contributed by atoms with Crippen molar-refractivity contribution in [3.63, 3.8) is 0 Å². The molecule has 4 aromatic heterocycles. The zero-order chi connectivity index (χ0) is 36.9. The van der Waals surface area contributed by atoms with Crippen LogP contribution in [-0.2, 0) is 0 Å². The van der Waals surface area contributed by atoms with Gasteiger partial charge in [-0.1, -0.05) is 152 Å². The van der Waals surface area contributed by atoms with Crippen LogP contribution >= 0.6 is 0 Å². The number of nitrogens with zero attached hydrogens (tertiary/aromatic N) is 4. The van der Waals surface area contributed by atoms with Crippen LogP contribution in [0.1, 0.15) is 29.4 Å². The first-order chi connectivity index (χ1) is 28.3. The van der Waals surface area contributed by atoms with Crippen molar-refractivity contribution in [2.24, 2.45) is 0 Å². The molecule has 4 nitrogen and oxygen atoms in total. The Balaban J connectivity index is 1.15. The zero-order valence-corrected chi connectivity index (χ0v) is 30.8. The van der Waals surface area contributed by atoms with Crippen LogP contribution in [0.5, 0.6) is 0 Å². The van der Waals surface area contributed by atoms with E-state index in [-0.39, 0.29) is 0 Å². The van der Waals surface area contributed by atoms with Gasteiger partial charge in [0.15, 0.2) is 5.82 Å². The lowest BCUT2D eigenvalue weighted by Crippen LogP contribution is -2.11. The molecule has 0 N–H and O–H groups in total. The standard InChI is InChI=1S/C53H32N4/c1-2-12-30(13-3-1)31-22-24-33(25-23-31)52-54-48-37-18-7-6-16-35(37)40-28-41(40)46(48)53(55-52)57-44-20-10-8-17-36(44)42-29-43-38-27-26-32-14-4-5-15-34(32)49(38)56-45-21-11-9-19-39(45)47(50(43)56)51(42)57/h1-27,29,40-41H,28H2. The summed E-state index contributed by atoms with van der Waals surface area (Å²) in [7, 11) is 0. The van der Waals surface area contributed by atoms with Gasteiger partial charge in [0.1, 0.15) is 5.82 Å². The van der Waals surface area contributed by atoms with Gasteiger partial charge in [0, 0.05) is 54.4 Å². The fourth-order valence-electron chi connectivity index (χ4n) is 10.6. The van der Waals surface area contributed by atoms with Crippen molar-refractivity contribution < 1.29 is 0 Å². The molecule has 8 aromatic carbocycles. The van der Waals surface area contributed by atoms with Crippen molar-refractivity contribution >= 4 is 70.7 Å². The molecule has 4 heterocycles. The van der Waals surface area contributed by atoms with E-state index in [1.807, 2.05) is 0 Å². The molecule has 14 rings (SSSR count). The number of hydrogen-bond donors (Lipinski definition) is 0. The molecule has 0 amide bonds. The fourth-order valence-corrected chi connectivity index (χ4v) is 10.6. The van der Waals surface area contributed by atoms with Crippen LogP contribution in [0.4, 0.5) is 0 Å². The SMILES string of the molecule is c1ccc(-c2ccc(-c3nc4c(c(-n5c6ccccc6c6cc7c8ccc9ccccc9c8n8c9ccccc9c(c65)c78)n3)C3CC3c3ccccc3-4)cc2)cc1. The molecule has 0 spiro atoms. The average molecular weight is 725 g/mol. The summed E-state index contributed by atoms with van der Waals surface area (Å²) in [4.78, 5) is 11.2. The summed E-state index contributed by atoms with van der Waals surface area (Å²) in [6.45, 7) is 0. The predicted octanol–water partition coefficient (Wildman–Crippen LogP) is 13.5. The van der Waals surface area contributed by atoms with Crippen LogP contribution in [0.3, 0.4) is 0 Å². The van der Waals surface area contributed by atoms with Crippen LogP contribution in [-0.4, -0.2) is 18.9 Å². The van der Waals surface area contributed by atoms with Crippen molar-refractivity contribution in [1.82, 2.24) is 18.9 Å². The fraction of sp³-hybridized carbons (Fsp3) is 0.0566. The summed E-state index contributed by atoms with van der Waals surface area (Å²) in [6, 6.07) is 62.1. The van der Waals surface area contributed by atoms with Gasteiger partial charge in [-0.2, -0.15) is 0 Å². The van der Waals surface area contributed by atoms with Crippen LogP contribution in [0.15, 0.2) is 170 Å². The van der Waals surface area contributed by atoms with Gasteiger partial charge in [0.25, 0.3) is 0 Å². The van der Waals surface area contributed by atoms with Gasteiger partial charge in [0.05, 0.1) is 33.3 Å². The molecule has 0 radical (unpaired) electrons. The summed E-state index contributed by atoms with van der Waals surface area (Å²) in [5.41, 5.74) is 14.5. The second kappa shape index (κ2) is 10.7. The number of rotatable bonds is 3. The van der Waals surface area contributed by atoms with Gasteiger partial charge < -0.3 is 4.40 Å². The van der Waals surface area contributed by atoms with Gasteiger partial charge in [-0.25, -0.2) is 9.97 Å². The van der Waals surface area contributed by atoms with E-state index >= 15 is 0 Å². The van der Waals surface area contributed by atoms with Crippen LogP contribution in [0.25, 0.3) is 110 Å². The van der Waals surface area contributed by atoms with Gasteiger partial charge in [0.2, 0.25) is 0 Å². The molecule has 0 bridgehead atoms. The Morgan fingerprint density at radius 2 is 1.14 bits per heavy atom. The Labute approximate surface area is 327 Å². The third-order valence-electron chi connectivity index (χ3n) is 13.1. The number of fused-ring (bicyclic) bond motifs is 18. The molecule has 1 fully saturated rings. The van der Waals surface area contributed by atoms with Gasteiger partial charge in [-0.15, -0.1) is 0 Å². The minimum atomic E-state index is 0.373. The van der Waals surface area contributed by atoms with E-state index in [2.05, 4.69) is 179 Å². The minimum absolute atomic E-state index is 0.373. The van der Waals surface area contributed by atoms with Crippen molar-refractivity contribution in [2.75, 3.05) is 0 Å². The van der Waals surface area contributed by atoms with E-state index in [0.717, 1.165) is 29.3 Å². The highest BCUT2D eigenvalue weighted by Crippen LogP contribution is 2.63. The highest BCUT2D eigenvalue weighted by molar-refractivity contribution is 6.35. The highest BCUT2D eigenvalue weighted by Gasteiger charge is 2.48. The van der Waals surface area contributed by atoms with Crippen LogP contribution < -0.4 is 0 Å². The van der Waals surface area contributed by atoms with E-state index in [1.165, 1.54) is 98.5 Å². The Kier molecular flexibility index (Phi) is 5.64. The molecular weight excluding hydrogens is 693 g/mol. The largest absolute Gasteiger partial charge is 0.307 e. The number of aromatic nitrogens is 4. The van der Waals surface area contributed by atoms with Crippen LogP contribution in [0.2, 0.25) is 0 Å². The molecule has 264 valence electrons. The predicted molar refractivity (Wildman–Crippen MR) is 235 cm³/mol. The maximum atomic E-state index is 5.71. The van der Waals surface area contributed by atoms with E-state index in [4.69, 9.17) is 9.97 Å². The first-order valence-corrected chi connectivity index (χ1v) is 20.0. The molecule has 0 aliphatic heterocycles. The van der Waals surface area contributed by atoms with Gasteiger partial charge >= 0.3 is 0 Å². The molecule has 12 aromatic rings. The summed E-state index contributed by atoms with van der Waals surface area (Å²) in [6.07, 6.45) is 1.11. The zero-order valence-electron chi connectivity index (χ0n) is 30.8. The lowest BCUT2D eigenvalue weighted by atomic mass is 9.89. The quantitative estimate of drug-likeness (QED) is 0.182. The van der Waals surface area contributed by atoms with Gasteiger partial charge in [-0.05, 0) is 58.5 Å². The van der Waals surface area contributed by atoms with E-state index < -0.39 is 0 Å². The monoisotopic (exact) mass is 724 g/mol. The topological polar surface area (TPSA) is 35.1 Å². The van der Waals surface area contributed by atoms with E-state index in [0.29, 0.717) is 11.8 Å². The van der Waals surface area contributed by atoms with E-state index in [1.54, 1.807) is 0 Å². The Morgan fingerprint density at radius 3 is 2.02 bits per heavy atom. The maximum Gasteiger partial charge on any atom is 0.162 e. The number of benzene rings is 8. The van der Waals surface area contributed by atoms with Gasteiger partial charge in [-0.3, -0.25) is 4.57 Å². The summed E-state index contributed by atoms with van der Waals surface area (Å²) >= 11 is 0. The maximum absolute atomic E-state index is 5.71. The van der Waals surface area contributed by atoms with Crippen molar-refractivity contribution in [2.45, 2.75) is 18.3 Å². The molecule has 0 saturated heterocycles. The van der Waals surface area contributed by atoms with Crippen molar-refractivity contribution in [3.8, 4) is 39.6 Å². The Hall–Kier alpha value is -7.30. The second-order valence-electron chi connectivity index (χ2n) is 16.0. The molecule has 57 heavy (non-hydrogen) atoms. The molecule has 2 atom stereocenters. The summed E-state index contributed by atoms with van der Waals surface area (Å²) in [5, 5.41) is 10.1. The highest BCUT2D eigenvalue weighted by atomic mass is 15.1. The molecule has 1 saturated carbocycles. The van der Waals surface area contributed by atoms with Crippen LogP contribution in [0, 0.1) is 0 Å². The normalized spacial score (nSPS) is 16.0. The lowest BCUT2D eigenvalue weighted by molar-refractivity contribution is 0.924. The van der Waals surface area contributed by atoms with Crippen molar-refractivity contribution in [1.29, 1.82) is 0 Å².